The van der Waals surface area contributed by atoms with E-state index in [4.69, 9.17) is 4.74 Å². The molecule has 4 heteroatoms. The molecule has 0 fully saturated rings. The van der Waals surface area contributed by atoms with Gasteiger partial charge < -0.3 is 10.1 Å². The van der Waals surface area contributed by atoms with E-state index in [1.165, 1.54) is 12.3 Å². The van der Waals surface area contributed by atoms with Crippen molar-refractivity contribution in [2.45, 2.75) is 32.4 Å². The summed E-state index contributed by atoms with van der Waals surface area (Å²) in [4.78, 5) is 4.12. The van der Waals surface area contributed by atoms with Crippen molar-refractivity contribution < 1.29 is 9.13 Å². The fraction of sp³-hybridized carbons (Fsp3) is 0.462. The Bertz CT molecular complexity index is 400. The maximum Gasteiger partial charge on any atom is 0.141 e. The number of hydrogen-bond acceptors (Lipinski definition) is 3. The lowest BCUT2D eigenvalue weighted by Gasteiger charge is -2.21. The second-order valence-electron chi connectivity index (χ2n) is 4.40. The number of rotatable bonds is 4. The first-order valence-corrected chi connectivity index (χ1v) is 5.87. The summed E-state index contributed by atoms with van der Waals surface area (Å²) >= 11 is 0. The van der Waals surface area contributed by atoms with Crippen LogP contribution in [0, 0.1) is 5.82 Å². The molecule has 0 radical (unpaired) electrons. The van der Waals surface area contributed by atoms with E-state index in [-0.39, 0.29) is 11.9 Å². The van der Waals surface area contributed by atoms with E-state index >= 15 is 0 Å². The Morgan fingerprint density at radius 1 is 1.41 bits per heavy atom. The summed E-state index contributed by atoms with van der Waals surface area (Å²) in [6.45, 7) is 4.84. The lowest BCUT2D eigenvalue weighted by atomic mass is 10.1. The molecule has 92 valence electrons. The highest BCUT2D eigenvalue weighted by Gasteiger charge is 2.22. The normalized spacial score (nSPS) is 16.8. The number of halogens is 1. The van der Waals surface area contributed by atoms with Crippen LogP contribution in [0.1, 0.15) is 32.0 Å². The molecule has 2 heterocycles. The molecule has 1 atom stereocenters. The van der Waals surface area contributed by atoms with Gasteiger partial charge >= 0.3 is 0 Å². The maximum atomic E-state index is 12.9. The van der Waals surface area contributed by atoms with Gasteiger partial charge in [0.15, 0.2) is 0 Å². The van der Waals surface area contributed by atoms with Gasteiger partial charge in [0.2, 0.25) is 0 Å². The van der Waals surface area contributed by atoms with E-state index in [9.17, 15) is 4.39 Å². The molecule has 1 aliphatic rings. The van der Waals surface area contributed by atoms with Crippen LogP contribution < -0.4 is 5.32 Å². The molecular weight excluding hydrogens is 219 g/mol. The van der Waals surface area contributed by atoms with E-state index in [1.54, 1.807) is 6.07 Å². The van der Waals surface area contributed by atoms with Crippen molar-refractivity contribution in [2.75, 3.05) is 6.61 Å². The predicted molar refractivity (Wildman–Crippen MR) is 63.9 cm³/mol. The van der Waals surface area contributed by atoms with Crippen LogP contribution in [0.25, 0.3) is 0 Å². The summed E-state index contributed by atoms with van der Waals surface area (Å²) in [7, 11) is 0. The van der Waals surface area contributed by atoms with Crippen molar-refractivity contribution in [1.29, 1.82) is 0 Å². The zero-order valence-corrected chi connectivity index (χ0v) is 10.1. The topological polar surface area (TPSA) is 34.1 Å². The van der Waals surface area contributed by atoms with Gasteiger partial charge in [0.25, 0.3) is 0 Å². The fourth-order valence-electron chi connectivity index (χ4n) is 1.84. The number of pyridine rings is 1. The number of aromatic nitrogens is 1. The predicted octanol–water partition coefficient (Wildman–Crippen LogP) is 2.56. The van der Waals surface area contributed by atoms with E-state index in [0.717, 1.165) is 17.9 Å². The van der Waals surface area contributed by atoms with Gasteiger partial charge in [0, 0.05) is 12.5 Å². The molecule has 2 rings (SSSR count). The Morgan fingerprint density at radius 3 is 2.76 bits per heavy atom. The monoisotopic (exact) mass is 236 g/mol. The summed E-state index contributed by atoms with van der Waals surface area (Å²) in [5.74, 6) is 0.566. The molecule has 0 amide bonds. The second kappa shape index (κ2) is 5.27. The van der Waals surface area contributed by atoms with Gasteiger partial charge in [-0.2, -0.15) is 0 Å². The molecular formula is C13H17FN2O. The molecule has 1 N–H and O–H groups in total. The second-order valence-corrected chi connectivity index (χ2v) is 4.40. The van der Waals surface area contributed by atoms with E-state index < -0.39 is 0 Å². The van der Waals surface area contributed by atoms with Gasteiger partial charge in [-0.3, -0.25) is 4.98 Å². The largest absolute Gasteiger partial charge is 0.496 e. The third-order valence-electron chi connectivity index (χ3n) is 2.56. The van der Waals surface area contributed by atoms with Crippen LogP contribution in [0.3, 0.4) is 0 Å². The van der Waals surface area contributed by atoms with Crippen LogP contribution in [0.5, 0.6) is 0 Å². The smallest absolute Gasteiger partial charge is 0.141 e. The van der Waals surface area contributed by atoms with Crippen molar-refractivity contribution >= 4 is 0 Å². The van der Waals surface area contributed by atoms with Gasteiger partial charge in [-0.05, 0) is 32.1 Å². The van der Waals surface area contributed by atoms with Crippen LogP contribution in [0.4, 0.5) is 4.39 Å². The molecule has 0 aliphatic carbocycles. The van der Waals surface area contributed by atoms with Crippen molar-refractivity contribution in [3.05, 3.63) is 41.7 Å². The Kier molecular flexibility index (Phi) is 3.74. The Hall–Kier alpha value is -1.42. The standard InChI is InChI=1S/C13H17FN2O/c1-9(2)16-13(12-4-3-7-17-12)11-6-5-10(14)8-15-11/h4-6,8-9,13,16H,3,7H2,1-2H3. The maximum absolute atomic E-state index is 12.9. The molecule has 3 nitrogen and oxygen atoms in total. The van der Waals surface area contributed by atoms with Crippen LogP contribution in [0.2, 0.25) is 0 Å². The van der Waals surface area contributed by atoms with Crippen LogP contribution in [-0.2, 0) is 4.74 Å². The molecule has 17 heavy (non-hydrogen) atoms. The van der Waals surface area contributed by atoms with Gasteiger partial charge in [-0.1, -0.05) is 0 Å². The lowest BCUT2D eigenvalue weighted by molar-refractivity contribution is 0.211. The van der Waals surface area contributed by atoms with Gasteiger partial charge in [0.05, 0.1) is 18.5 Å². The third-order valence-corrected chi connectivity index (χ3v) is 2.56. The number of hydrogen-bond donors (Lipinski definition) is 1. The first kappa shape index (κ1) is 12.0. The Morgan fingerprint density at radius 2 is 2.24 bits per heavy atom. The number of nitrogens with zero attached hydrogens (tertiary/aromatic N) is 1. The molecule has 0 spiro atoms. The Labute approximate surface area is 101 Å². The molecule has 1 aromatic heterocycles. The fourth-order valence-corrected chi connectivity index (χ4v) is 1.84. The summed E-state index contributed by atoms with van der Waals surface area (Å²) < 4.78 is 18.4. The minimum absolute atomic E-state index is 0.0851. The molecule has 0 aromatic carbocycles. The van der Waals surface area contributed by atoms with E-state index in [0.29, 0.717) is 12.6 Å². The molecule has 0 saturated carbocycles. The number of ether oxygens (including phenoxy) is 1. The average molecular weight is 236 g/mol. The summed E-state index contributed by atoms with van der Waals surface area (Å²) in [5.41, 5.74) is 0.785. The minimum atomic E-state index is -0.321. The van der Waals surface area contributed by atoms with Crippen LogP contribution in [0.15, 0.2) is 30.2 Å². The third kappa shape index (κ3) is 3.03. The van der Waals surface area contributed by atoms with E-state index in [1.807, 2.05) is 0 Å². The van der Waals surface area contributed by atoms with Crippen LogP contribution >= 0.6 is 0 Å². The van der Waals surface area contributed by atoms with Gasteiger partial charge in [0.1, 0.15) is 17.6 Å². The minimum Gasteiger partial charge on any atom is -0.496 e. The van der Waals surface area contributed by atoms with E-state index in [2.05, 4.69) is 30.2 Å². The highest BCUT2D eigenvalue weighted by atomic mass is 19.1. The molecule has 1 aromatic rings. The molecule has 0 bridgehead atoms. The zero-order valence-electron chi connectivity index (χ0n) is 10.1. The lowest BCUT2D eigenvalue weighted by Crippen LogP contribution is -2.30. The Balaban J connectivity index is 2.22. The average Bonchev–Trinajstić information content (AvgIpc) is 2.80. The molecule has 1 aliphatic heterocycles. The summed E-state index contributed by atoms with van der Waals surface area (Å²) in [6, 6.07) is 3.33. The SMILES string of the molecule is CC(C)NC(C1=CCCO1)c1ccc(F)cn1. The van der Waals surface area contributed by atoms with Gasteiger partial charge in [-0.25, -0.2) is 4.39 Å². The van der Waals surface area contributed by atoms with Crippen molar-refractivity contribution in [1.82, 2.24) is 10.3 Å². The highest BCUT2D eigenvalue weighted by molar-refractivity contribution is 5.21. The van der Waals surface area contributed by atoms with Crippen molar-refractivity contribution in [3.8, 4) is 0 Å². The number of nitrogens with one attached hydrogen (secondary N) is 1. The summed E-state index contributed by atoms with van der Waals surface area (Å²) in [6.07, 6.45) is 4.22. The van der Waals surface area contributed by atoms with Crippen LogP contribution in [-0.4, -0.2) is 17.6 Å². The highest BCUT2D eigenvalue weighted by Crippen LogP contribution is 2.25. The first-order valence-electron chi connectivity index (χ1n) is 5.87. The van der Waals surface area contributed by atoms with Crippen molar-refractivity contribution in [3.63, 3.8) is 0 Å². The summed E-state index contributed by atoms with van der Waals surface area (Å²) in [5, 5.41) is 3.38. The zero-order chi connectivity index (χ0) is 12.3. The first-order chi connectivity index (χ1) is 8.16. The van der Waals surface area contributed by atoms with Crippen molar-refractivity contribution in [2.24, 2.45) is 0 Å². The van der Waals surface area contributed by atoms with Gasteiger partial charge in [-0.15, -0.1) is 0 Å². The molecule has 0 saturated heterocycles. The quantitative estimate of drug-likeness (QED) is 0.872. The molecule has 1 unspecified atom stereocenters.